The minimum absolute atomic E-state index is 0.103. The minimum atomic E-state index is -4.84. The molecule has 3 saturated heterocycles. The number of halogens is 3. The average Bonchev–Trinajstić information content (AvgIpc) is 3.35. The van der Waals surface area contributed by atoms with Crippen molar-refractivity contribution in [2.75, 3.05) is 59.8 Å². The predicted molar refractivity (Wildman–Crippen MR) is 214 cm³/mol. The molecule has 6 rings (SSSR count). The molecule has 3 fully saturated rings. The van der Waals surface area contributed by atoms with Crippen LogP contribution in [0.4, 0.5) is 35.9 Å². The number of nitrogens with one attached hydrogen (secondary N) is 3. The lowest BCUT2D eigenvalue weighted by Crippen LogP contribution is -2.54. The number of hydrogen-bond acceptors (Lipinski definition) is 12. The molecule has 3 aliphatic heterocycles. The maximum absolute atomic E-state index is 13.7. The molecule has 0 saturated carbocycles. The zero-order chi connectivity index (χ0) is 41.9. The molecule has 0 radical (unpaired) electrons. The highest BCUT2D eigenvalue weighted by atomic mass is 32.1. The summed E-state index contributed by atoms with van der Waals surface area (Å²) in [5.74, 6) is -0.613. The van der Waals surface area contributed by atoms with Gasteiger partial charge in [-0.2, -0.15) is 18.4 Å². The summed E-state index contributed by atoms with van der Waals surface area (Å²) in [7, 11) is 0. The Morgan fingerprint density at radius 3 is 2.55 bits per heavy atom. The number of rotatable bonds is 12. The molecule has 308 valence electrons. The van der Waals surface area contributed by atoms with E-state index in [1.807, 2.05) is 19.1 Å². The zero-order valence-corrected chi connectivity index (χ0v) is 33.5. The topological polar surface area (TPSA) is 163 Å². The Bertz CT molecular complexity index is 2110. The SMILES string of the molecule is CCc1cc(N2[C@@H](S)N(c3cnc(C#N)c(C(F)(F)F)c3)C(=O)C2(C)C)ccc1OCCN1CCN(CC(=O)Nc2cccc(NC3CCC(=O)NC3=O)c2)[C@H](C)C1. The van der Waals surface area contributed by atoms with E-state index in [9.17, 15) is 37.6 Å². The quantitative estimate of drug-likeness (QED) is 0.149. The van der Waals surface area contributed by atoms with Crippen molar-refractivity contribution in [1.29, 1.82) is 5.26 Å². The number of thiol groups is 1. The first-order chi connectivity index (χ1) is 27.5. The van der Waals surface area contributed by atoms with Gasteiger partial charge in [0.15, 0.2) is 11.2 Å². The molecule has 4 amide bonds. The minimum Gasteiger partial charge on any atom is -0.492 e. The number of pyridine rings is 1. The van der Waals surface area contributed by atoms with Gasteiger partial charge in [-0.3, -0.25) is 39.2 Å². The first-order valence-electron chi connectivity index (χ1n) is 19.0. The van der Waals surface area contributed by atoms with Crippen molar-refractivity contribution >= 4 is 59.0 Å². The van der Waals surface area contributed by atoms with Gasteiger partial charge >= 0.3 is 6.18 Å². The molecule has 4 heterocycles. The standard InChI is InChI=1S/C40H46F3N9O5S/c1-5-25-17-28(52-38(58)51(37(56)39(52,3)4)29-19-30(40(41,42)43)32(20-44)45-21-29)9-11-33(25)57-16-15-49-13-14-50(24(2)22-49)23-35(54)47-27-8-6-7-26(18-27)46-31-10-12-34(53)48-36(31)55/h6-9,11,17-19,21,24,31,38,46,58H,5,10,12-16,22-23H2,1-4H3,(H,47,54)(H,48,53,55)/t24-,31?,38+/m1/s1. The molecule has 3 N–H and O–H groups in total. The molecule has 1 unspecified atom stereocenters. The molecule has 0 bridgehead atoms. The van der Waals surface area contributed by atoms with Gasteiger partial charge in [-0.1, -0.05) is 13.0 Å². The van der Waals surface area contributed by atoms with E-state index < -0.39 is 40.4 Å². The molecule has 3 aromatic rings. The molecular formula is C40H46F3N9O5S. The lowest BCUT2D eigenvalue weighted by Gasteiger charge is -2.39. The van der Waals surface area contributed by atoms with Gasteiger partial charge in [0, 0.05) is 55.7 Å². The van der Waals surface area contributed by atoms with Crippen molar-refractivity contribution < 1.29 is 37.1 Å². The molecule has 18 heteroatoms. The second-order valence-corrected chi connectivity index (χ2v) is 15.5. The average molecular weight is 822 g/mol. The Morgan fingerprint density at radius 1 is 1.10 bits per heavy atom. The number of ether oxygens (including phenoxy) is 1. The van der Waals surface area contributed by atoms with Crippen molar-refractivity contribution in [2.45, 2.75) is 76.3 Å². The Kier molecular flexibility index (Phi) is 12.5. The van der Waals surface area contributed by atoms with Crippen molar-refractivity contribution in [3.05, 3.63) is 71.5 Å². The van der Waals surface area contributed by atoms with Crippen LogP contribution in [0.2, 0.25) is 0 Å². The largest absolute Gasteiger partial charge is 0.492 e. The van der Waals surface area contributed by atoms with Gasteiger partial charge in [0.05, 0.1) is 24.0 Å². The lowest BCUT2D eigenvalue weighted by molar-refractivity contribution is -0.138. The number of amides is 4. The molecule has 3 atom stereocenters. The number of benzene rings is 2. The van der Waals surface area contributed by atoms with E-state index in [-0.39, 0.29) is 42.4 Å². The number of imide groups is 1. The highest BCUT2D eigenvalue weighted by Gasteiger charge is 2.52. The number of carbonyl (C=O) groups excluding carboxylic acids is 4. The number of hydrogen-bond donors (Lipinski definition) is 4. The van der Waals surface area contributed by atoms with E-state index >= 15 is 0 Å². The van der Waals surface area contributed by atoms with Crippen LogP contribution >= 0.6 is 12.6 Å². The number of nitriles is 1. The third kappa shape index (κ3) is 9.16. The van der Waals surface area contributed by atoms with Crippen LogP contribution in [0.5, 0.6) is 5.75 Å². The molecule has 0 aliphatic carbocycles. The number of aryl methyl sites for hydroxylation is 1. The third-order valence-electron chi connectivity index (χ3n) is 10.7. The molecule has 0 spiro atoms. The van der Waals surface area contributed by atoms with Gasteiger partial charge in [-0.25, -0.2) is 4.98 Å². The summed E-state index contributed by atoms with van der Waals surface area (Å²) >= 11 is 4.69. The van der Waals surface area contributed by atoms with Crippen molar-refractivity contribution in [1.82, 2.24) is 20.1 Å². The summed E-state index contributed by atoms with van der Waals surface area (Å²) in [4.78, 5) is 61.3. The van der Waals surface area contributed by atoms with Crippen LogP contribution in [-0.4, -0.2) is 101 Å². The summed E-state index contributed by atoms with van der Waals surface area (Å²) < 4.78 is 47.5. The van der Waals surface area contributed by atoms with Crippen LogP contribution in [0.15, 0.2) is 54.7 Å². The summed E-state index contributed by atoms with van der Waals surface area (Å²) in [6, 6.07) is 14.4. The number of alkyl halides is 3. The van der Waals surface area contributed by atoms with Crippen LogP contribution < -0.4 is 30.5 Å². The summed E-state index contributed by atoms with van der Waals surface area (Å²) in [5.41, 5.74) is -1.52. The second-order valence-electron chi connectivity index (χ2n) is 15.0. The number of piperazine rings is 1. The van der Waals surface area contributed by atoms with E-state index in [2.05, 4.69) is 37.7 Å². The van der Waals surface area contributed by atoms with E-state index in [0.717, 1.165) is 35.8 Å². The number of carbonyl (C=O) groups is 4. The van der Waals surface area contributed by atoms with Crippen LogP contribution in [0.3, 0.4) is 0 Å². The van der Waals surface area contributed by atoms with E-state index in [1.165, 1.54) is 6.07 Å². The highest BCUT2D eigenvalue weighted by molar-refractivity contribution is 7.81. The summed E-state index contributed by atoms with van der Waals surface area (Å²) in [6.45, 7) is 10.8. The highest BCUT2D eigenvalue weighted by Crippen LogP contribution is 2.43. The monoisotopic (exact) mass is 821 g/mol. The molecule has 3 aliphatic rings. The van der Waals surface area contributed by atoms with Crippen molar-refractivity contribution in [2.24, 2.45) is 0 Å². The maximum Gasteiger partial charge on any atom is 0.419 e. The van der Waals surface area contributed by atoms with Gasteiger partial charge in [0.2, 0.25) is 17.7 Å². The van der Waals surface area contributed by atoms with E-state index in [1.54, 1.807) is 49.1 Å². The van der Waals surface area contributed by atoms with Gasteiger partial charge in [0.25, 0.3) is 5.91 Å². The Balaban J connectivity index is 1.01. The molecule has 2 aromatic carbocycles. The smallest absolute Gasteiger partial charge is 0.419 e. The Labute approximate surface area is 340 Å². The van der Waals surface area contributed by atoms with Crippen LogP contribution in [0.25, 0.3) is 0 Å². The fourth-order valence-electron chi connectivity index (χ4n) is 7.53. The number of piperidine rings is 1. The Hall–Kier alpha value is -5.38. The first-order valence-corrected chi connectivity index (χ1v) is 19.5. The Morgan fingerprint density at radius 2 is 1.86 bits per heavy atom. The number of aromatic nitrogens is 1. The normalized spacial score (nSPS) is 21.4. The fourth-order valence-corrected chi connectivity index (χ4v) is 8.19. The molecular weight excluding hydrogens is 776 g/mol. The first kappa shape index (κ1) is 42.2. The lowest BCUT2D eigenvalue weighted by atomic mass is 10.0. The molecule has 14 nitrogen and oxygen atoms in total. The van der Waals surface area contributed by atoms with Gasteiger partial charge in [-0.05, 0) is 81.6 Å². The van der Waals surface area contributed by atoms with Gasteiger partial charge < -0.3 is 20.3 Å². The zero-order valence-electron chi connectivity index (χ0n) is 32.6. The predicted octanol–water partition coefficient (Wildman–Crippen LogP) is 4.62. The molecule has 58 heavy (non-hydrogen) atoms. The fraction of sp³-hybridized carbons (Fsp3) is 0.450. The maximum atomic E-state index is 13.7. The van der Waals surface area contributed by atoms with Gasteiger partial charge in [-0.15, -0.1) is 12.6 Å². The van der Waals surface area contributed by atoms with E-state index in [4.69, 9.17) is 17.4 Å². The van der Waals surface area contributed by atoms with Crippen LogP contribution in [0, 0.1) is 11.3 Å². The van der Waals surface area contributed by atoms with E-state index in [0.29, 0.717) is 55.3 Å². The number of anilines is 4. The van der Waals surface area contributed by atoms with Crippen LogP contribution in [0.1, 0.15) is 57.4 Å². The van der Waals surface area contributed by atoms with Crippen molar-refractivity contribution in [3.63, 3.8) is 0 Å². The van der Waals surface area contributed by atoms with Gasteiger partial charge in [0.1, 0.15) is 30.0 Å². The number of nitrogens with zero attached hydrogens (tertiary/aromatic N) is 6. The van der Waals surface area contributed by atoms with Crippen LogP contribution in [-0.2, 0) is 31.8 Å². The summed E-state index contributed by atoms with van der Waals surface area (Å²) in [6.07, 6.45) is -2.49. The second kappa shape index (κ2) is 17.2. The van der Waals surface area contributed by atoms with Crippen molar-refractivity contribution in [3.8, 4) is 11.8 Å². The third-order valence-corrected chi connectivity index (χ3v) is 11.1. The molecule has 1 aromatic heterocycles. The summed E-state index contributed by atoms with van der Waals surface area (Å²) in [5, 5.41) is 17.6.